The topological polar surface area (TPSA) is 101 Å². The van der Waals surface area contributed by atoms with Crippen molar-refractivity contribution in [3.05, 3.63) is 42.1 Å². The number of rotatable bonds is 4. The molecule has 1 aromatic heterocycles. The number of benzene rings is 1. The number of nitrogens with two attached hydrogens (primary N) is 1. The molecule has 2 rings (SSSR count). The Hall–Kier alpha value is -2.02. The molecule has 7 heteroatoms. The van der Waals surface area contributed by atoms with E-state index < -0.39 is 10.0 Å². The van der Waals surface area contributed by atoms with Crippen LogP contribution in [0.15, 0.2) is 36.5 Å². The molecule has 90 valence electrons. The van der Waals surface area contributed by atoms with Gasteiger partial charge in [-0.15, -0.1) is 0 Å². The summed E-state index contributed by atoms with van der Waals surface area (Å²) in [6, 6.07) is 8.24. The minimum absolute atomic E-state index is 0.105. The Bertz CT molecular complexity index is 575. The van der Waals surface area contributed by atoms with E-state index >= 15 is 0 Å². The number of aromatic amines is 1. The van der Waals surface area contributed by atoms with Gasteiger partial charge in [0.1, 0.15) is 5.82 Å². The fourth-order valence-electron chi connectivity index (χ4n) is 1.35. The van der Waals surface area contributed by atoms with Crippen LogP contribution in [0, 0.1) is 0 Å². The number of nitrogens with zero attached hydrogens (tertiary/aromatic N) is 1. The summed E-state index contributed by atoms with van der Waals surface area (Å²) in [6.07, 6.45) is 1.47. The van der Waals surface area contributed by atoms with E-state index in [4.69, 9.17) is 5.73 Å². The predicted octanol–water partition coefficient (Wildman–Crippen LogP) is 0.934. The number of aromatic nitrogens is 2. The molecule has 1 aromatic carbocycles. The zero-order valence-corrected chi connectivity index (χ0v) is 9.74. The highest BCUT2D eigenvalue weighted by atomic mass is 32.2. The summed E-state index contributed by atoms with van der Waals surface area (Å²) in [5, 5.41) is 6.18. The Morgan fingerprint density at radius 2 is 1.94 bits per heavy atom. The number of hydrogen-bond donors (Lipinski definition) is 3. The quantitative estimate of drug-likeness (QED) is 0.705. The van der Waals surface area contributed by atoms with E-state index in [0.717, 1.165) is 0 Å². The first-order valence-electron chi connectivity index (χ1n) is 4.89. The summed E-state index contributed by atoms with van der Waals surface area (Å²) in [7, 11) is -3.43. The molecule has 0 amide bonds. The van der Waals surface area contributed by atoms with Crippen molar-refractivity contribution in [2.24, 2.45) is 0 Å². The highest BCUT2D eigenvalue weighted by Gasteiger charge is 2.12. The van der Waals surface area contributed by atoms with E-state index in [-0.39, 0.29) is 5.75 Å². The van der Waals surface area contributed by atoms with Crippen LogP contribution in [0.5, 0.6) is 0 Å². The smallest absolute Gasteiger partial charge is 0.238 e. The summed E-state index contributed by atoms with van der Waals surface area (Å²) in [5.74, 6) is 0.243. The zero-order valence-electron chi connectivity index (χ0n) is 8.92. The molecule has 0 aliphatic heterocycles. The third kappa shape index (κ3) is 3.22. The van der Waals surface area contributed by atoms with Crippen molar-refractivity contribution < 1.29 is 8.42 Å². The molecular formula is C10H12N4O2S. The first kappa shape index (κ1) is 11.5. The normalized spacial score (nSPS) is 11.3. The van der Waals surface area contributed by atoms with E-state index in [2.05, 4.69) is 14.9 Å². The minimum Gasteiger partial charge on any atom is -0.399 e. The first-order valence-corrected chi connectivity index (χ1v) is 6.55. The Balaban J connectivity index is 2.09. The van der Waals surface area contributed by atoms with Crippen molar-refractivity contribution in [3.8, 4) is 0 Å². The zero-order chi connectivity index (χ0) is 12.3. The lowest BCUT2D eigenvalue weighted by molar-refractivity contribution is 0.600. The van der Waals surface area contributed by atoms with Gasteiger partial charge in [-0.25, -0.2) is 8.42 Å². The maximum Gasteiger partial charge on any atom is 0.238 e. The SMILES string of the molecule is Nc1ccc(CS(=O)(=O)Nc2ccn[nH]2)cc1. The van der Waals surface area contributed by atoms with Gasteiger partial charge >= 0.3 is 0 Å². The standard InChI is InChI=1S/C10H12N4O2S/c11-9-3-1-8(2-4-9)7-17(15,16)14-10-5-6-12-13-10/h1-6H,7,11H2,(H2,12,13,14). The van der Waals surface area contributed by atoms with Crippen molar-refractivity contribution in [1.82, 2.24) is 10.2 Å². The number of nitrogens with one attached hydrogen (secondary N) is 2. The van der Waals surface area contributed by atoms with Crippen LogP contribution in [0.1, 0.15) is 5.56 Å². The van der Waals surface area contributed by atoms with E-state index in [1.165, 1.54) is 6.20 Å². The molecule has 0 saturated heterocycles. The Kier molecular flexibility index (Phi) is 3.01. The highest BCUT2D eigenvalue weighted by molar-refractivity contribution is 7.91. The van der Waals surface area contributed by atoms with Crippen molar-refractivity contribution in [1.29, 1.82) is 0 Å². The number of hydrogen-bond acceptors (Lipinski definition) is 4. The van der Waals surface area contributed by atoms with Gasteiger partial charge in [-0.2, -0.15) is 5.10 Å². The molecule has 6 nitrogen and oxygen atoms in total. The second-order valence-electron chi connectivity index (χ2n) is 3.57. The second kappa shape index (κ2) is 4.46. The number of H-pyrrole nitrogens is 1. The number of sulfonamides is 1. The van der Waals surface area contributed by atoms with Crippen LogP contribution in [-0.2, 0) is 15.8 Å². The lowest BCUT2D eigenvalue weighted by Gasteiger charge is -2.05. The highest BCUT2D eigenvalue weighted by Crippen LogP contribution is 2.11. The molecule has 17 heavy (non-hydrogen) atoms. The van der Waals surface area contributed by atoms with Crippen LogP contribution in [0.2, 0.25) is 0 Å². The van der Waals surface area contributed by atoms with Crippen LogP contribution >= 0.6 is 0 Å². The average molecular weight is 252 g/mol. The van der Waals surface area contributed by atoms with Gasteiger partial charge in [-0.05, 0) is 17.7 Å². The van der Waals surface area contributed by atoms with Crippen LogP contribution in [-0.4, -0.2) is 18.6 Å². The van der Waals surface area contributed by atoms with E-state index in [9.17, 15) is 8.42 Å². The van der Waals surface area contributed by atoms with Crippen LogP contribution in [0.4, 0.5) is 11.5 Å². The Morgan fingerprint density at radius 3 is 2.53 bits per heavy atom. The van der Waals surface area contributed by atoms with Gasteiger partial charge in [0.25, 0.3) is 0 Å². The number of anilines is 2. The summed E-state index contributed by atoms with van der Waals surface area (Å²) in [6.45, 7) is 0. The molecule has 0 radical (unpaired) electrons. The van der Waals surface area contributed by atoms with Crippen molar-refractivity contribution >= 4 is 21.5 Å². The van der Waals surface area contributed by atoms with Gasteiger partial charge in [0.15, 0.2) is 0 Å². The van der Waals surface area contributed by atoms with Gasteiger partial charge in [-0.3, -0.25) is 9.82 Å². The molecule has 0 saturated carbocycles. The summed E-state index contributed by atoms with van der Waals surface area (Å²) in [4.78, 5) is 0. The minimum atomic E-state index is -3.43. The molecule has 0 unspecified atom stereocenters. The molecule has 0 aliphatic carbocycles. The van der Waals surface area contributed by atoms with Crippen molar-refractivity contribution in [3.63, 3.8) is 0 Å². The molecule has 0 atom stereocenters. The molecule has 1 heterocycles. The van der Waals surface area contributed by atoms with Gasteiger partial charge in [0.2, 0.25) is 10.0 Å². The van der Waals surface area contributed by atoms with Crippen LogP contribution < -0.4 is 10.5 Å². The van der Waals surface area contributed by atoms with E-state index in [1.807, 2.05) is 0 Å². The lowest BCUT2D eigenvalue weighted by Crippen LogP contribution is -2.15. The van der Waals surface area contributed by atoms with E-state index in [1.54, 1.807) is 30.3 Å². The summed E-state index contributed by atoms with van der Waals surface area (Å²) in [5.41, 5.74) is 6.80. The van der Waals surface area contributed by atoms with Crippen molar-refractivity contribution in [2.45, 2.75) is 5.75 Å². The predicted molar refractivity (Wildman–Crippen MR) is 65.7 cm³/mol. The van der Waals surface area contributed by atoms with Crippen LogP contribution in [0.3, 0.4) is 0 Å². The third-order valence-electron chi connectivity index (χ3n) is 2.10. The molecule has 0 bridgehead atoms. The van der Waals surface area contributed by atoms with Gasteiger partial charge in [0, 0.05) is 11.8 Å². The maximum absolute atomic E-state index is 11.8. The largest absolute Gasteiger partial charge is 0.399 e. The van der Waals surface area contributed by atoms with Crippen LogP contribution in [0.25, 0.3) is 0 Å². The van der Waals surface area contributed by atoms with Gasteiger partial charge < -0.3 is 5.73 Å². The molecule has 0 spiro atoms. The first-order chi connectivity index (χ1) is 8.05. The molecule has 2 aromatic rings. The monoisotopic (exact) mass is 252 g/mol. The number of nitrogen functional groups attached to an aromatic ring is 1. The lowest BCUT2D eigenvalue weighted by atomic mass is 10.2. The molecular weight excluding hydrogens is 240 g/mol. The van der Waals surface area contributed by atoms with Gasteiger partial charge in [-0.1, -0.05) is 12.1 Å². The Morgan fingerprint density at radius 1 is 1.24 bits per heavy atom. The molecule has 4 N–H and O–H groups in total. The fraction of sp³-hybridized carbons (Fsp3) is 0.100. The van der Waals surface area contributed by atoms with E-state index in [0.29, 0.717) is 17.1 Å². The second-order valence-corrected chi connectivity index (χ2v) is 5.30. The van der Waals surface area contributed by atoms with Crippen molar-refractivity contribution in [2.75, 3.05) is 10.5 Å². The maximum atomic E-state index is 11.8. The Labute approximate surface area is 98.9 Å². The van der Waals surface area contributed by atoms with Gasteiger partial charge in [0.05, 0.1) is 11.9 Å². The average Bonchev–Trinajstić information content (AvgIpc) is 2.73. The molecule has 0 fully saturated rings. The summed E-state index contributed by atoms with van der Waals surface area (Å²) >= 11 is 0. The fourth-order valence-corrected chi connectivity index (χ4v) is 2.50. The summed E-state index contributed by atoms with van der Waals surface area (Å²) < 4.78 is 25.9. The third-order valence-corrected chi connectivity index (χ3v) is 3.35. The molecule has 0 aliphatic rings.